The molecule has 0 amide bonds. The van der Waals surface area contributed by atoms with Crippen LogP contribution < -0.4 is 0 Å². The van der Waals surface area contributed by atoms with Gasteiger partial charge in [-0.15, -0.1) is 8.58 Å². The van der Waals surface area contributed by atoms with Crippen molar-refractivity contribution in [3.63, 3.8) is 0 Å². The van der Waals surface area contributed by atoms with Crippen LogP contribution in [-0.4, -0.2) is 11.8 Å². The van der Waals surface area contributed by atoms with E-state index in [-0.39, 0.29) is 0 Å². The predicted octanol–water partition coefficient (Wildman–Crippen LogP) is 2.48. The van der Waals surface area contributed by atoms with Crippen molar-refractivity contribution in [2.24, 2.45) is 0 Å². The fourth-order valence-corrected chi connectivity index (χ4v) is 1.48. The van der Waals surface area contributed by atoms with Gasteiger partial charge in [0.1, 0.15) is 0 Å². The Morgan fingerprint density at radius 1 is 1.43 bits per heavy atom. The van der Waals surface area contributed by atoms with Crippen LogP contribution in [0.15, 0.2) is 0 Å². The molecular formula is C6H15P. The standard InChI is InChI=1S/C6H15P/c1-4-6(3)7-5-2/h6-7H,4-5H2,1-3H3. The van der Waals surface area contributed by atoms with E-state index in [0.29, 0.717) is 0 Å². The van der Waals surface area contributed by atoms with Gasteiger partial charge in [-0.2, -0.15) is 0 Å². The van der Waals surface area contributed by atoms with Crippen LogP contribution in [0.4, 0.5) is 0 Å². The Kier molecular flexibility index (Phi) is 4.87. The Labute approximate surface area is 48.5 Å². The van der Waals surface area contributed by atoms with Gasteiger partial charge in [-0.05, 0) is 18.2 Å². The predicted molar refractivity (Wildman–Crippen MR) is 38.6 cm³/mol. The van der Waals surface area contributed by atoms with Crippen LogP contribution in [-0.2, 0) is 0 Å². The molecule has 1 heteroatoms. The SMILES string of the molecule is CCPC(C)CC. The van der Waals surface area contributed by atoms with Gasteiger partial charge in [0.25, 0.3) is 0 Å². The van der Waals surface area contributed by atoms with Crippen molar-refractivity contribution in [3.05, 3.63) is 0 Å². The molecule has 0 N–H and O–H groups in total. The van der Waals surface area contributed by atoms with Gasteiger partial charge < -0.3 is 0 Å². The second-order valence-corrected chi connectivity index (χ2v) is 3.97. The lowest BCUT2D eigenvalue weighted by atomic mass is 10.4. The van der Waals surface area contributed by atoms with Gasteiger partial charge in [-0.3, -0.25) is 0 Å². The van der Waals surface area contributed by atoms with Crippen molar-refractivity contribution < 1.29 is 0 Å². The van der Waals surface area contributed by atoms with Crippen molar-refractivity contribution in [3.8, 4) is 0 Å². The minimum absolute atomic E-state index is 0.977. The largest absolute Gasteiger partial charge is 0.119 e. The van der Waals surface area contributed by atoms with E-state index in [9.17, 15) is 0 Å². The van der Waals surface area contributed by atoms with E-state index in [1.54, 1.807) is 0 Å². The van der Waals surface area contributed by atoms with Crippen molar-refractivity contribution in [2.75, 3.05) is 6.16 Å². The van der Waals surface area contributed by atoms with Gasteiger partial charge in [0, 0.05) is 0 Å². The molecule has 0 saturated carbocycles. The maximum Gasteiger partial charge on any atom is -0.0268 e. The van der Waals surface area contributed by atoms with Crippen LogP contribution in [0.25, 0.3) is 0 Å². The molecule has 0 aromatic carbocycles. The zero-order chi connectivity index (χ0) is 5.70. The second-order valence-electron chi connectivity index (χ2n) is 1.87. The first-order chi connectivity index (χ1) is 3.31. The molecule has 0 nitrogen and oxygen atoms in total. The molecule has 0 aliphatic rings. The van der Waals surface area contributed by atoms with Crippen LogP contribution in [0.2, 0.25) is 0 Å². The molecule has 0 rings (SSSR count). The second kappa shape index (κ2) is 4.59. The van der Waals surface area contributed by atoms with E-state index in [0.717, 1.165) is 5.66 Å². The Morgan fingerprint density at radius 3 is 2.14 bits per heavy atom. The van der Waals surface area contributed by atoms with Crippen LogP contribution in [0.1, 0.15) is 27.2 Å². The summed E-state index contributed by atoms with van der Waals surface area (Å²) in [5, 5.41) is 0. The summed E-state index contributed by atoms with van der Waals surface area (Å²) in [5.41, 5.74) is 0.977. The summed E-state index contributed by atoms with van der Waals surface area (Å²) < 4.78 is 0. The average molecular weight is 118 g/mol. The molecule has 0 aromatic heterocycles. The minimum Gasteiger partial charge on any atom is -0.119 e. The van der Waals surface area contributed by atoms with E-state index in [1.165, 1.54) is 21.2 Å². The molecule has 0 saturated heterocycles. The quantitative estimate of drug-likeness (QED) is 0.499. The van der Waals surface area contributed by atoms with Crippen molar-refractivity contribution in [1.82, 2.24) is 0 Å². The molecule has 2 unspecified atom stereocenters. The minimum atomic E-state index is 0.977. The van der Waals surface area contributed by atoms with Gasteiger partial charge in [0.2, 0.25) is 0 Å². The van der Waals surface area contributed by atoms with Crippen LogP contribution in [0.3, 0.4) is 0 Å². The molecule has 0 aromatic rings. The molecule has 0 spiro atoms. The lowest BCUT2D eigenvalue weighted by Gasteiger charge is -2.03. The Balaban J connectivity index is 2.83. The van der Waals surface area contributed by atoms with Gasteiger partial charge in [-0.1, -0.05) is 20.8 Å². The summed E-state index contributed by atoms with van der Waals surface area (Å²) in [6.07, 6.45) is 2.72. The topological polar surface area (TPSA) is 0 Å². The highest BCUT2D eigenvalue weighted by molar-refractivity contribution is 7.38. The van der Waals surface area contributed by atoms with Crippen molar-refractivity contribution >= 4 is 8.58 Å². The molecule has 44 valence electrons. The Bertz CT molecular complexity index is 35.2. The summed E-state index contributed by atoms with van der Waals surface area (Å²) >= 11 is 0. The lowest BCUT2D eigenvalue weighted by Crippen LogP contribution is -1.88. The van der Waals surface area contributed by atoms with E-state index in [1.807, 2.05) is 0 Å². The van der Waals surface area contributed by atoms with E-state index >= 15 is 0 Å². The van der Waals surface area contributed by atoms with E-state index in [2.05, 4.69) is 20.8 Å². The molecule has 2 atom stereocenters. The average Bonchev–Trinajstić information content (AvgIpc) is 1.68. The van der Waals surface area contributed by atoms with Crippen molar-refractivity contribution in [2.45, 2.75) is 32.9 Å². The normalized spacial score (nSPS) is 15.9. The summed E-state index contributed by atoms with van der Waals surface area (Å²) in [6, 6.07) is 0. The highest BCUT2D eigenvalue weighted by Gasteiger charge is 1.92. The molecule has 0 radical (unpaired) electrons. The molecule has 7 heavy (non-hydrogen) atoms. The maximum absolute atomic E-state index is 2.32. The molecule has 0 bridgehead atoms. The first-order valence-electron chi connectivity index (χ1n) is 3.04. The number of hydrogen-bond acceptors (Lipinski definition) is 0. The van der Waals surface area contributed by atoms with Crippen LogP contribution in [0, 0.1) is 0 Å². The summed E-state index contributed by atoms with van der Waals surface area (Å²) in [4.78, 5) is 0. The summed E-state index contributed by atoms with van der Waals surface area (Å²) in [7, 11) is 1.19. The van der Waals surface area contributed by atoms with Crippen LogP contribution in [0.5, 0.6) is 0 Å². The third-order valence-corrected chi connectivity index (χ3v) is 2.68. The van der Waals surface area contributed by atoms with Gasteiger partial charge in [-0.25, -0.2) is 0 Å². The maximum atomic E-state index is 2.32. The first-order valence-corrected chi connectivity index (χ1v) is 4.33. The molecule has 0 aliphatic heterocycles. The zero-order valence-corrected chi connectivity index (χ0v) is 6.49. The molecule has 0 fully saturated rings. The highest BCUT2D eigenvalue weighted by atomic mass is 31.1. The number of hydrogen-bond donors (Lipinski definition) is 0. The molecule has 0 heterocycles. The van der Waals surface area contributed by atoms with Gasteiger partial charge >= 0.3 is 0 Å². The molecular weight excluding hydrogens is 103 g/mol. The van der Waals surface area contributed by atoms with E-state index in [4.69, 9.17) is 0 Å². The Morgan fingerprint density at radius 2 is 2.00 bits per heavy atom. The first kappa shape index (κ1) is 7.43. The highest BCUT2D eigenvalue weighted by Crippen LogP contribution is 2.19. The van der Waals surface area contributed by atoms with Gasteiger partial charge in [0.15, 0.2) is 0 Å². The lowest BCUT2D eigenvalue weighted by molar-refractivity contribution is 0.899. The van der Waals surface area contributed by atoms with E-state index < -0.39 is 0 Å². The number of rotatable bonds is 3. The fraction of sp³-hybridized carbons (Fsp3) is 1.00. The monoisotopic (exact) mass is 118 g/mol. The van der Waals surface area contributed by atoms with Crippen LogP contribution >= 0.6 is 8.58 Å². The smallest absolute Gasteiger partial charge is 0.0268 e. The third-order valence-electron chi connectivity index (χ3n) is 1.16. The third kappa shape index (κ3) is 4.28. The van der Waals surface area contributed by atoms with Crippen molar-refractivity contribution in [1.29, 1.82) is 0 Å². The summed E-state index contributed by atoms with van der Waals surface area (Å²) in [6.45, 7) is 6.83. The summed E-state index contributed by atoms with van der Waals surface area (Å²) in [5.74, 6) is 0. The molecule has 0 aliphatic carbocycles. The zero-order valence-electron chi connectivity index (χ0n) is 5.49. The fourth-order valence-electron chi connectivity index (χ4n) is 0.493. The van der Waals surface area contributed by atoms with Gasteiger partial charge in [0.05, 0.1) is 0 Å². The Hall–Kier alpha value is 0.430.